The molecule has 2 aliphatic heterocycles. The lowest BCUT2D eigenvalue weighted by molar-refractivity contribution is 0.151. The average molecular weight is 339 g/mol. The first-order valence-electron chi connectivity index (χ1n) is 7.30. The Morgan fingerprint density at radius 1 is 1.23 bits per heavy atom. The standard InChI is InChI=1S/C15H15ClN2O3S/c16-10-4-6-12(7-5-10)22(19,20)18-11-2-1-3-14(18)13-9-17-21-15(13)8-11/h4-7,9,11,14H,1-3,8H2. The Bertz CT molecular complexity index is 800. The minimum absolute atomic E-state index is 0.0557. The molecule has 22 heavy (non-hydrogen) atoms. The van der Waals surface area contributed by atoms with Gasteiger partial charge in [-0.05, 0) is 43.5 Å². The van der Waals surface area contributed by atoms with Crippen molar-refractivity contribution >= 4 is 21.6 Å². The number of hydrogen-bond donors (Lipinski definition) is 0. The van der Waals surface area contributed by atoms with Crippen LogP contribution >= 0.6 is 11.6 Å². The number of nitrogens with zero attached hydrogens (tertiary/aromatic N) is 2. The fourth-order valence-electron chi connectivity index (χ4n) is 3.54. The van der Waals surface area contributed by atoms with Crippen molar-refractivity contribution in [3.63, 3.8) is 0 Å². The van der Waals surface area contributed by atoms with Gasteiger partial charge in [0.25, 0.3) is 0 Å². The average Bonchev–Trinajstić information content (AvgIpc) is 2.95. The normalized spacial score (nSPS) is 25.0. The van der Waals surface area contributed by atoms with E-state index in [0.29, 0.717) is 11.4 Å². The highest BCUT2D eigenvalue weighted by Crippen LogP contribution is 2.44. The first-order valence-corrected chi connectivity index (χ1v) is 9.12. The van der Waals surface area contributed by atoms with Crippen LogP contribution in [0.4, 0.5) is 0 Å². The van der Waals surface area contributed by atoms with Gasteiger partial charge in [-0.2, -0.15) is 4.31 Å². The van der Waals surface area contributed by atoms with Gasteiger partial charge in [0.1, 0.15) is 5.76 Å². The minimum atomic E-state index is -3.55. The summed E-state index contributed by atoms with van der Waals surface area (Å²) >= 11 is 5.87. The lowest BCUT2D eigenvalue weighted by Gasteiger charge is -2.43. The Balaban J connectivity index is 1.80. The van der Waals surface area contributed by atoms with Crippen molar-refractivity contribution in [3.05, 3.63) is 46.8 Å². The highest BCUT2D eigenvalue weighted by molar-refractivity contribution is 7.89. The maximum atomic E-state index is 13.1. The van der Waals surface area contributed by atoms with Crippen LogP contribution in [0.3, 0.4) is 0 Å². The first-order chi connectivity index (χ1) is 10.6. The summed E-state index contributed by atoms with van der Waals surface area (Å²) in [5.41, 5.74) is 0.911. The molecule has 0 spiro atoms. The number of sulfonamides is 1. The molecule has 1 saturated heterocycles. The van der Waals surface area contributed by atoms with E-state index in [2.05, 4.69) is 5.16 Å². The Morgan fingerprint density at radius 2 is 2.00 bits per heavy atom. The van der Waals surface area contributed by atoms with Crippen LogP contribution in [0.2, 0.25) is 5.02 Å². The molecular formula is C15H15ClN2O3S. The smallest absolute Gasteiger partial charge is 0.243 e. The summed E-state index contributed by atoms with van der Waals surface area (Å²) < 4.78 is 33.1. The van der Waals surface area contributed by atoms with Crippen LogP contribution in [-0.4, -0.2) is 23.9 Å². The molecule has 2 unspecified atom stereocenters. The van der Waals surface area contributed by atoms with Crippen molar-refractivity contribution in [2.45, 2.75) is 42.7 Å². The van der Waals surface area contributed by atoms with Crippen LogP contribution in [0.15, 0.2) is 39.9 Å². The Morgan fingerprint density at radius 3 is 2.77 bits per heavy atom. The van der Waals surface area contributed by atoms with E-state index in [1.165, 1.54) is 0 Å². The largest absolute Gasteiger partial charge is 0.361 e. The molecule has 5 nitrogen and oxygen atoms in total. The molecule has 2 aromatic rings. The van der Waals surface area contributed by atoms with Crippen LogP contribution in [-0.2, 0) is 16.4 Å². The van der Waals surface area contributed by atoms with E-state index in [1.807, 2.05) is 0 Å². The molecule has 0 amide bonds. The molecular weight excluding hydrogens is 324 g/mol. The predicted molar refractivity (Wildman–Crippen MR) is 81.1 cm³/mol. The molecule has 0 saturated carbocycles. The van der Waals surface area contributed by atoms with Crippen LogP contribution in [0, 0.1) is 0 Å². The van der Waals surface area contributed by atoms with Gasteiger partial charge in [0.2, 0.25) is 10.0 Å². The van der Waals surface area contributed by atoms with E-state index in [4.69, 9.17) is 16.1 Å². The molecule has 2 aliphatic rings. The van der Waals surface area contributed by atoms with Gasteiger partial charge in [-0.1, -0.05) is 16.8 Å². The number of rotatable bonds is 2. The summed E-state index contributed by atoms with van der Waals surface area (Å²) in [5, 5.41) is 4.38. The summed E-state index contributed by atoms with van der Waals surface area (Å²) in [6.07, 6.45) is 4.93. The zero-order valence-electron chi connectivity index (χ0n) is 11.8. The number of halogens is 1. The second-order valence-electron chi connectivity index (χ2n) is 5.80. The van der Waals surface area contributed by atoms with Gasteiger partial charge in [-0.3, -0.25) is 0 Å². The first kappa shape index (κ1) is 14.2. The number of fused-ring (bicyclic) bond motifs is 4. The third-order valence-electron chi connectivity index (χ3n) is 4.53. The second kappa shape index (κ2) is 5.08. The lowest BCUT2D eigenvalue weighted by atomic mass is 9.86. The predicted octanol–water partition coefficient (Wildman–Crippen LogP) is 3.17. The summed E-state index contributed by atoms with van der Waals surface area (Å²) in [5.74, 6) is 0.831. The van der Waals surface area contributed by atoms with Crippen LogP contribution in [0.1, 0.15) is 36.6 Å². The van der Waals surface area contributed by atoms with Gasteiger partial charge in [0, 0.05) is 23.0 Å². The van der Waals surface area contributed by atoms with Crippen molar-refractivity contribution in [3.8, 4) is 0 Å². The monoisotopic (exact) mass is 338 g/mol. The highest BCUT2D eigenvalue weighted by atomic mass is 35.5. The molecule has 1 aromatic carbocycles. The van der Waals surface area contributed by atoms with Crippen LogP contribution in [0.5, 0.6) is 0 Å². The number of hydrogen-bond acceptors (Lipinski definition) is 4. The summed E-state index contributed by atoms with van der Waals surface area (Å²) in [6, 6.07) is 6.12. The van der Waals surface area contributed by atoms with Crippen LogP contribution in [0.25, 0.3) is 0 Å². The zero-order chi connectivity index (χ0) is 15.3. The SMILES string of the molecule is O=S(=O)(c1ccc(Cl)cc1)N1C2CCCC1c1cnoc1C2. The molecule has 1 aromatic heterocycles. The molecule has 3 heterocycles. The Hall–Kier alpha value is -1.37. The number of piperidine rings is 1. The fourth-order valence-corrected chi connectivity index (χ4v) is 5.52. The second-order valence-corrected chi connectivity index (χ2v) is 8.08. The molecule has 4 rings (SSSR count). The van der Waals surface area contributed by atoms with E-state index in [-0.39, 0.29) is 17.0 Å². The third kappa shape index (κ3) is 2.09. The quantitative estimate of drug-likeness (QED) is 0.843. The van der Waals surface area contributed by atoms with Crippen molar-refractivity contribution in [1.29, 1.82) is 0 Å². The summed E-state index contributed by atoms with van der Waals surface area (Å²) in [7, 11) is -3.55. The van der Waals surface area contributed by atoms with Crippen molar-refractivity contribution in [1.82, 2.24) is 9.46 Å². The molecule has 0 N–H and O–H groups in total. The highest BCUT2D eigenvalue weighted by Gasteiger charge is 2.46. The number of benzene rings is 1. The van der Waals surface area contributed by atoms with Gasteiger partial charge in [-0.15, -0.1) is 0 Å². The van der Waals surface area contributed by atoms with Crippen molar-refractivity contribution in [2.75, 3.05) is 0 Å². The zero-order valence-corrected chi connectivity index (χ0v) is 13.3. The third-order valence-corrected chi connectivity index (χ3v) is 6.76. The topological polar surface area (TPSA) is 63.4 Å². The van der Waals surface area contributed by atoms with E-state index < -0.39 is 10.0 Å². The molecule has 1 fully saturated rings. The van der Waals surface area contributed by atoms with E-state index in [0.717, 1.165) is 30.6 Å². The van der Waals surface area contributed by atoms with E-state index in [9.17, 15) is 8.42 Å². The molecule has 2 bridgehead atoms. The minimum Gasteiger partial charge on any atom is -0.361 e. The Labute approximate surface area is 133 Å². The molecule has 7 heteroatoms. The van der Waals surface area contributed by atoms with Crippen LogP contribution < -0.4 is 0 Å². The fraction of sp³-hybridized carbons (Fsp3) is 0.400. The van der Waals surface area contributed by atoms with E-state index in [1.54, 1.807) is 34.8 Å². The summed E-state index contributed by atoms with van der Waals surface area (Å²) in [6.45, 7) is 0. The maximum Gasteiger partial charge on any atom is 0.243 e. The van der Waals surface area contributed by atoms with Crippen molar-refractivity contribution in [2.24, 2.45) is 0 Å². The summed E-state index contributed by atoms with van der Waals surface area (Å²) in [4.78, 5) is 0.286. The molecule has 0 aliphatic carbocycles. The molecule has 116 valence electrons. The van der Waals surface area contributed by atoms with Crippen molar-refractivity contribution < 1.29 is 12.9 Å². The Kier molecular flexibility index (Phi) is 3.29. The van der Waals surface area contributed by atoms with E-state index >= 15 is 0 Å². The molecule has 0 radical (unpaired) electrons. The van der Waals surface area contributed by atoms with Gasteiger partial charge in [0.05, 0.1) is 17.1 Å². The van der Waals surface area contributed by atoms with Gasteiger partial charge in [-0.25, -0.2) is 8.42 Å². The number of aromatic nitrogens is 1. The van der Waals surface area contributed by atoms with Gasteiger partial charge >= 0.3 is 0 Å². The lowest BCUT2D eigenvalue weighted by Crippen LogP contribution is -2.49. The molecule has 2 atom stereocenters. The van der Waals surface area contributed by atoms with Gasteiger partial charge < -0.3 is 4.52 Å². The van der Waals surface area contributed by atoms with Gasteiger partial charge in [0.15, 0.2) is 0 Å². The maximum absolute atomic E-state index is 13.1.